The minimum absolute atomic E-state index is 0.128. The van der Waals surface area contributed by atoms with Crippen molar-refractivity contribution in [2.45, 2.75) is 39.7 Å². The first-order chi connectivity index (χ1) is 9.27. The molecule has 2 aromatic rings. The van der Waals surface area contributed by atoms with E-state index in [0.29, 0.717) is 5.82 Å². The minimum Gasteiger partial charge on any atom is -0.469 e. The van der Waals surface area contributed by atoms with E-state index in [1.807, 2.05) is 24.9 Å². The molecule has 0 amide bonds. The highest BCUT2D eigenvalue weighted by Gasteiger charge is 2.19. The zero-order valence-electron chi connectivity index (χ0n) is 12.8. The van der Waals surface area contributed by atoms with Gasteiger partial charge in [0.2, 0.25) is 0 Å². The van der Waals surface area contributed by atoms with Crippen LogP contribution in [0.15, 0.2) is 22.8 Å². The van der Waals surface area contributed by atoms with Gasteiger partial charge in [-0.05, 0) is 13.0 Å². The number of anilines is 2. The molecular weight excluding hydrogens is 252 g/mol. The van der Waals surface area contributed by atoms with Crippen molar-refractivity contribution >= 4 is 11.6 Å². The van der Waals surface area contributed by atoms with Crippen molar-refractivity contribution in [2.24, 2.45) is 0 Å². The molecule has 0 aromatic carbocycles. The summed E-state index contributed by atoms with van der Waals surface area (Å²) < 4.78 is 5.32. The number of aromatic nitrogens is 2. The fraction of sp³-hybridized carbons (Fsp3) is 0.467. The smallest absolute Gasteiger partial charge is 0.138 e. The topological polar surface area (TPSA) is 68.2 Å². The van der Waals surface area contributed by atoms with Crippen LogP contribution >= 0.6 is 0 Å². The number of rotatable bonds is 3. The first-order valence-corrected chi connectivity index (χ1v) is 6.66. The van der Waals surface area contributed by atoms with Gasteiger partial charge in [-0.2, -0.15) is 0 Å². The summed E-state index contributed by atoms with van der Waals surface area (Å²) in [6, 6.07) is 3.77. The fourth-order valence-electron chi connectivity index (χ4n) is 1.90. The van der Waals surface area contributed by atoms with E-state index in [1.54, 1.807) is 12.3 Å². The largest absolute Gasteiger partial charge is 0.469 e. The summed E-state index contributed by atoms with van der Waals surface area (Å²) in [6.07, 6.45) is 1.70. The summed E-state index contributed by atoms with van der Waals surface area (Å²) in [5.41, 5.74) is 6.91. The molecule has 0 unspecified atom stereocenters. The fourth-order valence-corrected chi connectivity index (χ4v) is 1.90. The number of hydrogen-bond acceptors (Lipinski definition) is 5. The second-order valence-corrected chi connectivity index (χ2v) is 6.08. The Labute approximate surface area is 119 Å². The summed E-state index contributed by atoms with van der Waals surface area (Å²) in [7, 11) is 1.99. The van der Waals surface area contributed by atoms with Crippen LogP contribution in [0.25, 0.3) is 0 Å². The van der Waals surface area contributed by atoms with E-state index >= 15 is 0 Å². The van der Waals surface area contributed by atoms with Gasteiger partial charge in [0.1, 0.15) is 23.2 Å². The van der Waals surface area contributed by atoms with E-state index in [4.69, 9.17) is 10.2 Å². The van der Waals surface area contributed by atoms with E-state index in [9.17, 15) is 0 Å². The second kappa shape index (κ2) is 5.15. The van der Waals surface area contributed by atoms with Crippen molar-refractivity contribution in [3.63, 3.8) is 0 Å². The Bertz CT molecular complexity index is 598. The first-order valence-electron chi connectivity index (χ1n) is 6.66. The lowest BCUT2D eigenvalue weighted by atomic mass is 9.96. The second-order valence-electron chi connectivity index (χ2n) is 6.08. The maximum absolute atomic E-state index is 5.90. The van der Waals surface area contributed by atoms with Crippen LogP contribution in [0.5, 0.6) is 0 Å². The molecule has 2 N–H and O–H groups in total. The van der Waals surface area contributed by atoms with Crippen molar-refractivity contribution in [2.75, 3.05) is 17.7 Å². The SMILES string of the molecule is Cc1occc1CN(C)c1cc(N)nc(C(C)(C)C)n1. The van der Waals surface area contributed by atoms with Gasteiger partial charge in [-0.1, -0.05) is 20.8 Å². The minimum atomic E-state index is -0.128. The van der Waals surface area contributed by atoms with Crippen LogP contribution < -0.4 is 10.6 Å². The van der Waals surface area contributed by atoms with Gasteiger partial charge in [0.25, 0.3) is 0 Å². The standard InChI is InChI=1S/C15H22N4O/c1-10-11(6-7-20-10)9-19(5)13-8-12(16)17-14(18-13)15(2,3)4/h6-8H,9H2,1-5H3,(H2,16,17,18). The maximum Gasteiger partial charge on any atom is 0.138 e. The lowest BCUT2D eigenvalue weighted by Gasteiger charge is -2.22. The van der Waals surface area contributed by atoms with Crippen LogP contribution in [-0.4, -0.2) is 17.0 Å². The van der Waals surface area contributed by atoms with Crippen molar-refractivity contribution in [1.29, 1.82) is 0 Å². The van der Waals surface area contributed by atoms with Crippen LogP contribution in [0, 0.1) is 6.92 Å². The molecule has 0 spiro atoms. The van der Waals surface area contributed by atoms with E-state index < -0.39 is 0 Å². The molecule has 2 rings (SSSR count). The Morgan fingerprint density at radius 1 is 1.30 bits per heavy atom. The molecule has 0 saturated carbocycles. The molecule has 5 nitrogen and oxygen atoms in total. The average molecular weight is 274 g/mol. The zero-order valence-corrected chi connectivity index (χ0v) is 12.8. The molecule has 0 radical (unpaired) electrons. The Morgan fingerprint density at radius 2 is 2.00 bits per heavy atom. The Balaban J connectivity index is 2.28. The Hall–Kier alpha value is -2.04. The average Bonchev–Trinajstić information content (AvgIpc) is 2.73. The number of furan rings is 1. The van der Waals surface area contributed by atoms with Crippen LogP contribution in [-0.2, 0) is 12.0 Å². The molecule has 0 bridgehead atoms. The third kappa shape index (κ3) is 3.10. The van der Waals surface area contributed by atoms with Gasteiger partial charge < -0.3 is 15.1 Å². The number of aryl methyl sites for hydroxylation is 1. The van der Waals surface area contributed by atoms with Crippen LogP contribution in [0.1, 0.15) is 37.9 Å². The highest BCUT2D eigenvalue weighted by molar-refractivity contribution is 5.47. The van der Waals surface area contributed by atoms with E-state index in [0.717, 1.165) is 29.5 Å². The van der Waals surface area contributed by atoms with Gasteiger partial charge >= 0.3 is 0 Å². The first kappa shape index (κ1) is 14.4. The molecule has 2 aromatic heterocycles. The normalized spacial score (nSPS) is 11.7. The monoisotopic (exact) mass is 274 g/mol. The van der Waals surface area contributed by atoms with E-state index in [-0.39, 0.29) is 5.41 Å². The highest BCUT2D eigenvalue weighted by atomic mass is 16.3. The summed E-state index contributed by atoms with van der Waals surface area (Å²) >= 11 is 0. The van der Waals surface area contributed by atoms with Gasteiger partial charge in [-0.25, -0.2) is 9.97 Å². The molecule has 20 heavy (non-hydrogen) atoms. The number of nitrogens with two attached hydrogens (primary N) is 1. The van der Waals surface area contributed by atoms with Crippen molar-refractivity contribution < 1.29 is 4.42 Å². The molecule has 0 atom stereocenters. The van der Waals surface area contributed by atoms with Gasteiger partial charge in [0, 0.05) is 30.6 Å². The number of nitrogens with zero attached hydrogens (tertiary/aromatic N) is 3. The van der Waals surface area contributed by atoms with Crippen molar-refractivity contribution in [3.8, 4) is 0 Å². The van der Waals surface area contributed by atoms with Crippen LogP contribution in [0.2, 0.25) is 0 Å². The summed E-state index contributed by atoms with van der Waals surface area (Å²) in [5, 5.41) is 0. The lowest BCUT2D eigenvalue weighted by molar-refractivity contribution is 0.529. The maximum atomic E-state index is 5.90. The third-order valence-electron chi connectivity index (χ3n) is 3.17. The number of nitrogen functional groups attached to an aromatic ring is 1. The molecule has 108 valence electrons. The molecule has 0 aliphatic heterocycles. The quantitative estimate of drug-likeness (QED) is 0.932. The summed E-state index contributed by atoms with van der Waals surface area (Å²) in [6.45, 7) is 8.91. The molecule has 2 heterocycles. The van der Waals surface area contributed by atoms with Crippen LogP contribution in [0.4, 0.5) is 11.6 Å². The molecule has 0 saturated heterocycles. The Kier molecular flexibility index (Phi) is 3.70. The van der Waals surface area contributed by atoms with Gasteiger partial charge in [-0.15, -0.1) is 0 Å². The lowest BCUT2D eigenvalue weighted by Crippen LogP contribution is -2.23. The van der Waals surface area contributed by atoms with Crippen LogP contribution in [0.3, 0.4) is 0 Å². The molecule has 0 aliphatic carbocycles. The van der Waals surface area contributed by atoms with E-state index in [1.165, 1.54) is 0 Å². The number of hydrogen-bond donors (Lipinski definition) is 1. The predicted octanol–water partition coefficient (Wildman–Crippen LogP) is 2.89. The zero-order chi connectivity index (χ0) is 14.9. The molecule has 5 heteroatoms. The van der Waals surface area contributed by atoms with Gasteiger partial charge in [-0.3, -0.25) is 0 Å². The predicted molar refractivity (Wildman–Crippen MR) is 80.7 cm³/mol. The highest BCUT2D eigenvalue weighted by Crippen LogP contribution is 2.23. The van der Waals surface area contributed by atoms with Crippen molar-refractivity contribution in [3.05, 3.63) is 35.5 Å². The molecule has 0 fully saturated rings. The third-order valence-corrected chi connectivity index (χ3v) is 3.17. The van der Waals surface area contributed by atoms with Gasteiger partial charge in [0.05, 0.1) is 6.26 Å². The van der Waals surface area contributed by atoms with Crippen molar-refractivity contribution in [1.82, 2.24) is 9.97 Å². The Morgan fingerprint density at radius 3 is 2.55 bits per heavy atom. The van der Waals surface area contributed by atoms with Gasteiger partial charge in [0.15, 0.2) is 0 Å². The van der Waals surface area contributed by atoms with E-state index in [2.05, 4.69) is 30.7 Å². The molecule has 0 aliphatic rings. The molecular formula is C15H22N4O. The summed E-state index contributed by atoms with van der Waals surface area (Å²) in [5.74, 6) is 3.00. The summed E-state index contributed by atoms with van der Waals surface area (Å²) in [4.78, 5) is 11.0.